The maximum Gasteiger partial charge on any atom is 0.138 e. The molecule has 1 N–H and O–H groups in total. The Labute approximate surface area is 85.6 Å². The molecule has 0 saturated heterocycles. The Kier molecular flexibility index (Phi) is 2.18. The summed E-state index contributed by atoms with van der Waals surface area (Å²) in [5.41, 5.74) is 0.948. The van der Waals surface area contributed by atoms with Crippen molar-refractivity contribution in [3.8, 4) is 5.75 Å². The summed E-state index contributed by atoms with van der Waals surface area (Å²) in [6.07, 6.45) is 0.805. The molecule has 1 nitrogen and oxygen atoms in total. The molecule has 0 atom stereocenters. The first-order chi connectivity index (χ1) is 6.24. The van der Waals surface area contributed by atoms with Crippen LogP contribution in [0.15, 0.2) is 17.5 Å². The van der Waals surface area contributed by atoms with E-state index in [1.54, 1.807) is 11.3 Å². The topological polar surface area (TPSA) is 20.2 Å². The normalized spacial score (nSPS) is 10.9. The van der Waals surface area contributed by atoms with Crippen LogP contribution in [0.5, 0.6) is 5.75 Å². The average molecular weight is 213 g/mol. The van der Waals surface area contributed by atoms with Crippen LogP contribution in [0.25, 0.3) is 10.1 Å². The van der Waals surface area contributed by atoms with Crippen LogP contribution in [0.1, 0.15) is 12.5 Å². The van der Waals surface area contributed by atoms with Gasteiger partial charge in [0, 0.05) is 10.3 Å². The molecule has 2 rings (SSSR count). The quantitative estimate of drug-likeness (QED) is 0.762. The van der Waals surface area contributed by atoms with Crippen molar-refractivity contribution in [2.75, 3.05) is 0 Å². The highest BCUT2D eigenvalue weighted by Gasteiger charge is 2.10. The summed E-state index contributed by atoms with van der Waals surface area (Å²) in [5.74, 6) is 0.232. The first-order valence-corrected chi connectivity index (χ1v) is 5.37. The second kappa shape index (κ2) is 3.20. The van der Waals surface area contributed by atoms with E-state index in [4.69, 9.17) is 11.6 Å². The number of hydrogen-bond acceptors (Lipinski definition) is 2. The Balaban J connectivity index is 2.87. The zero-order valence-corrected chi connectivity index (χ0v) is 8.75. The molecule has 3 heteroatoms. The minimum atomic E-state index is 0.232. The zero-order chi connectivity index (χ0) is 9.42. The van der Waals surface area contributed by atoms with Gasteiger partial charge in [-0.25, -0.2) is 0 Å². The van der Waals surface area contributed by atoms with Crippen LogP contribution in [0.2, 0.25) is 5.02 Å². The number of fused-ring (bicyclic) bond motifs is 1. The lowest BCUT2D eigenvalue weighted by Crippen LogP contribution is -1.83. The van der Waals surface area contributed by atoms with Gasteiger partial charge < -0.3 is 5.11 Å². The molecule has 0 saturated carbocycles. The molecule has 0 unspecified atom stereocenters. The van der Waals surface area contributed by atoms with Crippen LogP contribution in [0.4, 0.5) is 0 Å². The van der Waals surface area contributed by atoms with Crippen molar-refractivity contribution in [2.24, 2.45) is 0 Å². The number of aromatic hydroxyl groups is 1. The molecule has 0 aliphatic carbocycles. The SMILES string of the molecule is CCc1c(O)c(Cl)cc2sccc12. The Bertz CT molecular complexity index is 447. The molecule has 0 spiro atoms. The number of halogens is 1. The predicted octanol–water partition coefficient (Wildman–Crippen LogP) is 3.82. The van der Waals surface area contributed by atoms with E-state index in [9.17, 15) is 5.11 Å². The fourth-order valence-corrected chi connectivity index (χ4v) is 2.64. The average Bonchev–Trinajstić information content (AvgIpc) is 2.54. The first kappa shape index (κ1) is 8.85. The molecule has 2 aromatic rings. The van der Waals surface area contributed by atoms with Crippen molar-refractivity contribution in [2.45, 2.75) is 13.3 Å². The van der Waals surface area contributed by atoms with Crippen molar-refractivity contribution in [3.63, 3.8) is 0 Å². The van der Waals surface area contributed by atoms with Gasteiger partial charge in [0.15, 0.2) is 0 Å². The van der Waals surface area contributed by atoms with Crippen LogP contribution < -0.4 is 0 Å². The highest BCUT2D eigenvalue weighted by molar-refractivity contribution is 7.17. The monoisotopic (exact) mass is 212 g/mol. The van der Waals surface area contributed by atoms with E-state index in [1.807, 2.05) is 24.4 Å². The second-order valence-electron chi connectivity index (χ2n) is 2.87. The van der Waals surface area contributed by atoms with Gasteiger partial charge in [-0.15, -0.1) is 11.3 Å². The minimum Gasteiger partial charge on any atom is -0.506 e. The molecule has 1 heterocycles. The predicted molar refractivity (Wildman–Crippen MR) is 57.9 cm³/mol. The third kappa shape index (κ3) is 1.30. The van der Waals surface area contributed by atoms with E-state index in [-0.39, 0.29) is 5.75 Å². The fraction of sp³-hybridized carbons (Fsp3) is 0.200. The lowest BCUT2D eigenvalue weighted by atomic mass is 10.1. The summed E-state index contributed by atoms with van der Waals surface area (Å²) in [6, 6.07) is 3.84. The lowest BCUT2D eigenvalue weighted by molar-refractivity contribution is 0.470. The number of rotatable bonds is 1. The van der Waals surface area contributed by atoms with Crippen LogP contribution in [-0.4, -0.2) is 5.11 Å². The Hall–Kier alpha value is -0.730. The third-order valence-corrected chi connectivity index (χ3v) is 3.30. The number of thiophene rings is 1. The molecule has 0 amide bonds. The molecule has 1 aromatic carbocycles. The van der Waals surface area contributed by atoms with Gasteiger partial charge in [-0.2, -0.15) is 0 Å². The molecule has 0 fully saturated rings. The molecule has 68 valence electrons. The van der Waals surface area contributed by atoms with Gasteiger partial charge in [0.25, 0.3) is 0 Å². The number of phenolic OH excluding ortho intramolecular Hbond substituents is 1. The van der Waals surface area contributed by atoms with Gasteiger partial charge in [0.2, 0.25) is 0 Å². The molecular weight excluding hydrogens is 204 g/mol. The number of aryl methyl sites for hydroxylation is 1. The highest BCUT2D eigenvalue weighted by atomic mass is 35.5. The van der Waals surface area contributed by atoms with Crippen molar-refractivity contribution in [3.05, 3.63) is 28.1 Å². The van der Waals surface area contributed by atoms with Gasteiger partial charge >= 0.3 is 0 Å². The Morgan fingerprint density at radius 1 is 1.54 bits per heavy atom. The lowest BCUT2D eigenvalue weighted by Gasteiger charge is -2.05. The highest BCUT2D eigenvalue weighted by Crippen LogP contribution is 2.36. The Morgan fingerprint density at radius 2 is 2.31 bits per heavy atom. The third-order valence-electron chi connectivity index (χ3n) is 2.14. The van der Waals surface area contributed by atoms with Gasteiger partial charge in [-0.3, -0.25) is 0 Å². The van der Waals surface area contributed by atoms with Gasteiger partial charge in [0.05, 0.1) is 5.02 Å². The van der Waals surface area contributed by atoms with Gasteiger partial charge in [-0.1, -0.05) is 18.5 Å². The molecule has 1 aromatic heterocycles. The zero-order valence-electron chi connectivity index (χ0n) is 7.17. The van der Waals surface area contributed by atoms with Crippen molar-refractivity contribution in [1.82, 2.24) is 0 Å². The first-order valence-electron chi connectivity index (χ1n) is 4.11. The summed E-state index contributed by atoms with van der Waals surface area (Å²) < 4.78 is 1.14. The van der Waals surface area contributed by atoms with Crippen LogP contribution in [0.3, 0.4) is 0 Å². The molecule has 0 aliphatic rings. The molecule has 0 aliphatic heterocycles. The van der Waals surface area contributed by atoms with Crippen molar-refractivity contribution >= 4 is 33.0 Å². The van der Waals surface area contributed by atoms with E-state index in [2.05, 4.69) is 0 Å². The summed E-state index contributed by atoms with van der Waals surface area (Å²) in [5, 5.41) is 13.3. The summed E-state index contributed by atoms with van der Waals surface area (Å²) in [6.45, 7) is 2.02. The van der Waals surface area contributed by atoms with E-state index in [0.717, 1.165) is 22.1 Å². The number of benzene rings is 1. The molecular formula is C10H9ClOS. The minimum absolute atomic E-state index is 0.232. The maximum absolute atomic E-state index is 9.69. The molecule has 13 heavy (non-hydrogen) atoms. The van der Waals surface area contributed by atoms with Crippen molar-refractivity contribution < 1.29 is 5.11 Å². The molecule has 0 bridgehead atoms. The fourth-order valence-electron chi connectivity index (χ4n) is 1.50. The maximum atomic E-state index is 9.69. The van der Waals surface area contributed by atoms with Crippen LogP contribution in [-0.2, 0) is 6.42 Å². The summed E-state index contributed by atoms with van der Waals surface area (Å²) in [4.78, 5) is 0. The van der Waals surface area contributed by atoms with Crippen molar-refractivity contribution in [1.29, 1.82) is 0 Å². The largest absolute Gasteiger partial charge is 0.506 e. The Morgan fingerprint density at radius 3 is 3.00 bits per heavy atom. The van der Waals surface area contributed by atoms with Gasteiger partial charge in [-0.05, 0) is 29.3 Å². The van der Waals surface area contributed by atoms with E-state index >= 15 is 0 Å². The smallest absolute Gasteiger partial charge is 0.138 e. The van der Waals surface area contributed by atoms with E-state index < -0.39 is 0 Å². The number of hydrogen-bond donors (Lipinski definition) is 1. The van der Waals surface area contributed by atoms with Crippen LogP contribution in [0, 0.1) is 0 Å². The van der Waals surface area contributed by atoms with Gasteiger partial charge in [0.1, 0.15) is 5.75 Å². The standard InChI is InChI=1S/C10H9ClOS/c1-2-6-7-3-4-13-9(7)5-8(11)10(6)12/h3-5,12H,2H2,1H3. The van der Waals surface area contributed by atoms with Crippen LogP contribution >= 0.6 is 22.9 Å². The number of phenols is 1. The second-order valence-corrected chi connectivity index (χ2v) is 4.23. The summed E-state index contributed by atoms with van der Waals surface area (Å²) in [7, 11) is 0. The van der Waals surface area contributed by atoms with E-state index in [1.165, 1.54) is 0 Å². The molecule has 0 radical (unpaired) electrons. The van der Waals surface area contributed by atoms with E-state index in [0.29, 0.717) is 5.02 Å². The summed E-state index contributed by atoms with van der Waals surface area (Å²) >= 11 is 7.53.